The van der Waals surface area contributed by atoms with Crippen molar-refractivity contribution >= 4 is 27.5 Å². The predicted molar refractivity (Wildman–Crippen MR) is 105 cm³/mol. The number of carbonyl (C=O) groups excluding carboxylic acids is 1. The number of benzene rings is 1. The van der Waals surface area contributed by atoms with E-state index in [-0.39, 0.29) is 29.9 Å². The van der Waals surface area contributed by atoms with Crippen molar-refractivity contribution < 1.29 is 13.2 Å². The molecule has 2 aliphatic rings. The second-order valence-electron chi connectivity index (χ2n) is 7.59. The van der Waals surface area contributed by atoms with Crippen molar-refractivity contribution in [3.63, 3.8) is 0 Å². The van der Waals surface area contributed by atoms with Gasteiger partial charge in [0.05, 0.1) is 4.90 Å². The fourth-order valence-corrected chi connectivity index (χ4v) is 5.38. The maximum atomic E-state index is 12.8. The number of amides is 1. The summed E-state index contributed by atoms with van der Waals surface area (Å²) in [5.41, 5.74) is 6.30. The van der Waals surface area contributed by atoms with Crippen LogP contribution < -0.4 is 10.9 Å². The van der Waals surface area contributed by atoms with Crippen molar-refractivity contribution in [2.24, 2.45) is 5.92 Å². The van der Waals surface area contributed by atoms with Crippen molar-refractivity contribution in [1.82, 2.24) is 20.1 Å². The molecular formula is C18H27ClN4O3S. The van der Waals surface area contributed by atoms with Gasteiger partial charge in [0.25, 0.3) is 0 Å². The molecule has 2 atom stereocenters. The van der Waals surface area contributed by atoms with Crippen molar-refractivity contribution in [3.8, 4) is 0 Å². The number of nitrogens with one attached hydrogen (secondary N) is 2. The molecular weight excluding hydrogens is 388 g/mol. The number of nitrogens with zero attached hydrogens (tertiary/aromatic N) is 2. The summed E-state index contributed by atoms with van der Waals surface area (Å²) < 4.78 is 26.9. The molecule has 2 fully saturated rings. The molecule has 7 nitrogen and oxygen atoms in total. The van der Waals surface area contributed by atoms with Crippen LogP contribution in [0.3, 0.4) is 0 Å². The highest BCUT2D eigenvalue weighted by molar-refractivity contribution is 7.89. The average molecular weight is 415 g/mol. The van der Waals surface area contributed by atoms with Gasteiger partial charge in [-0.2, -0.15) is 4.31 Å². The molecule has 2 unspecified atom stereocenters. The lowest BCUT2D eigenvalue weighted by Gasteiger charge is -2.35. The minimum atomic E-state index is -3.59. The van der Waals surface area contributed by atoms with E-state index in [1.807, 2.05) is 0 Å². The van der Waals surface area contributed by atoms with Gasteiger partial charge in [0.2, 0.25) is 15.9 Å². The SMILES string of the molecule is CC(C)CC1CC(C(=O)N2CCN(S(=O)(=O)c3cccc(Cl)c3)CC2)NN1. The molecule has 9 heteroatoms. The maximum absolute atomic E-state index is 12.8. The molecule has 0 saturated carbocycles. The molecule has 1 amide bonds. The third kappa shape index (κ3) is 4.81. The summed E-state index contributed by atoms with van der Waals surface area (Å²) in [5, 5.41) is 0.389. The molecule has 0 bridgehead atoms. The van der Waals surface area contributed by atoms with Gasteiger partial charge in [-0.05, 0) is 37.0 Å². The van der Waals surface area contributed by atoms with E-state index in [0.29, 0.717) is 30.1 Å². The minimum Gasteiger partial charge on any atom is -0.339 e. The van der Waals surface area contributed by atoms with Crippen LogP contribution >= 0.6 is 11.6 Å². The first kappa shape index (κ1) is 20.5. The van der Waals surface area contributed by atoms with Crippen LogP contribution in [-0.2, 0) is 14.8 Å². The Morgan fingerprint density at radius 1 is 1.22 bits per heavy atom. The maximum Gasteiger partial charge on any atom is 0.243 e. The second-order valence-corrected chi connectivity index (χ2v) is 9.96. The summed E-state index contributed by atoms with van der Waals surface area (Å²) in [6.07, 6.45) is 1.78. The average Bonchev–Trinajstić information content (AvgIpc) is 3.09. The molecule has 0 aromatic heterocycles. The standard InChI is InChI=1S/C18H27ClN4O3S/c1-13(2)10-15-12-17(21-20-15)18(24)22-6-8-23(9-7-22)27(25,26)16-5-3-4-14(19)11-16/h3-5,11,13,15,17,20-21H,6-10,12H2,1-2H3. The van der Waals surface area contributed by atoms with Crippen LogP contribution in [0.2, 0.25) is 5.02 Å². The smallest absolute Gasteiger partial charge is 0.243 e. The lowest BCUT2D eigenvalue weighted by atomic mass is 9.99. The molecule has 0 radical (unpaired) electrons. The normalized spacial score (nSPS) is 24.5. The Hall–Kier alpha value is -1.19. The van der Waals surface area contributed by atoms with Gasteiger partial charge in [-0.25, -0.2) is 13.8 Å². The van der Waals surface area contributed by atoms with E-state index in [1.54, 1.807) is 23.1 Å². The highest BCUT2D eigenvalue weighted by Crippen LogP contribution is 2.22. The van der Waals surface area contributed by atoms with Gasteiger partial charge in [-0.3, -0.25) is 10.2 Å². The summed E-state index contributed by atoms with van der Waals surface area (Å²) in [6, 6.07) is 6.32. The number of sulfonamides is 1. The van der Waals surface area contributed by atoms with Crippen LogP contribution in [0.15, 0.2) is 29.2 Å². The highest BCUT2D eigenvalue weighted by Gasteiger charge is 2.35. The van der Waals surface area contributed by atoms with Crippen molar-refractivity contribution in [1.29, 1.82) is 0 Å². The second kappa shape index (κ2) is 8.45. The van der Waals surface area contributed by atoms with Crippen molar-refractivity contribution in [2.45, 2.75) is 43.7 Å². The van der Waals surface area contributed by atoms with E-state index in [0.717, 1.165) is 12.8 Å². The van der Waals surface area contributed by atoms with Crippen molar-refractivity contribution in [2.75, 3.05) is 26.2 Å². The number of hydrogen-bond donors (Lipinski definition) is 2. The molecule has 150 valence electrons. The van der Waals surface area contributed by atoms with E-state index in [4.69, 9.17) is 11.6 Å². The fourth-order valence-electron chi connectivity index (χ4n) is 3.65. The van der Waals surface area contributed by atoms with Crippen LogP contribution in [0.25, 0.3) is 0 Å². The number of rotatable bonds is 5. The summed E-state index contributed by atoms with van der Waals surface area (Å²) >= 11 is 5.92. The van der Waals surface area contributed by atoms with Gasteiger partial charge in [0.1, 0.15) is 6.04 Å². The Labute approximate surface area is 166 Å². The monoisotopic (exact) mass is 414 g/mol. The summed E-state index contributed by atoms with van der Waals surface area (Å²) in [5.74, 6) is 0.604. The molecule has 27 heavy (non-hydrogen) atoms. The van der Waals surface area contributed by atoms with E-state index >= 15 is 0 Å². The summed E-state index contributed by atoms with van der Waals surface area (Å²) in [6.45, 7) is 5.69. The Balaban J connectivity index is 1.56. The Kier molecular flexibility index (Phi) is 6.43. The largest absolute Gasteiger partial charge is 0.339 e. The third-order valence-electron chi connectivity index (χ3n) is 5.02. The molecule has 3 rings (SSSR count). The number of carbonyl (C=O) groups is 1. The first-order valence-electron chi connectivity index (χ1n) is 9.33. The topological polar surface area (TPSA) is 81.8 Å². The zero-order valence-corrected chi connectivity index (χ0v) is 17.3. The quantitative estimate of drug-likeness (QED) is 0.762. The number of piperazine rings is 1. The van der Waals surface area contributed by atoms with E-state index < -0.39 is 10.0 Å². The van der Waals surface area contributed by atoms with Gasteiger partial charge in [0.15, 0.2) is 0 Å². The summed E-state index contributed by atoms with van der Waals surface area (Å²) in [7, 11) is -3.59. The minimum absolute atomic E-state index is 0.0357. The number of halogens is 1. The lowest BCUT2D eigenvalue weighted by molar-refractivity contribution is -0.134. The zero-order valence-electron chi connectivity index (χ0n) is 15.7. The van der Waals surface area contributed by atoms with Gasteiger partial charge >= 0.3 is 0 Å². The Bertz CT molecular complexity index is 779. The van der Waals surface area contributed by atoms with Gasteiger partial charge in [-0.1, -0.05) is 31.5 Å². The van der Waals surface area contributed by atoms with Crippen LogP contribution in [0.5, 0.6) is 0 Å². The molecule has 1 aromatic rings. The van der Waals surface area contributed by atoms with Crippen LogP contribution in [-0.4, -0.2) is 61.8 Å². The molecule has 0 spiro atoms. The number of hydrazine groups is 1. The fraction of sp³-hybridized carbons (Fsp3) is 0.611. The van der Waals surface area contributed by atoms with E-state index in [2.05, 4.69) is 24.7 Å². The predicted octanol–water partition coefficient (Wildman–Crippen LogP) is 1.45. The molecule has 2 saturated heterocycles. The third-order valence-corrected chi connectivity index (χ3v) is 7.15. The Morgan fingerprint density at radius 2 is 1.93 bits per heavy atom. The van der Waals surface area contributed by atoms with Gasteiger partial charge in [0, 0.05) is 37.2 Å². The molecule has 2 N–H and O–H groups in total. The highest BCUT2D eigenvalue weighted by atomic mass is 35.5. The molecule has 1 aromatic carbocycles. The van der Waals surface area contributed by atoms with E-state index in [1.165, 1.54) is 10.4 Å². The first-order valence-corrected chi connectivity index (χ1v) is 11.1. The molecule has 2 aliphatic heterocycles. The first-order chi connectivity index (χ1) is 12.8. The zero-order chi connectivity index (χ0) is 19.6. The van der Waals surface area contributed by atoms with Crippen LogP contribution in [0, 0.1) is 5.92 Å². The number of hydrogen-bond acceptors (Lipinski definition) is 5. The summed E-state index contributed by atoms with van der Waals surface area (Å²) in [4.78, 5) is 14.7. The van der Waals surface area contributed by atoms with Gasteiger partial charge < -0.3 is 4.90 Å². The lowest BCUT2D eigenvalue weighted by Crippen LogP contribution is -2.54. The van der Waals surface area contributed by atoms with Crippen molar-refractivity contribution in [3.05, 3.63) is 29.3 Å². The molecule has 0 aliphatic carbocycles. The van der Waals surface area contributed by atoms with E-state index in [9.17, 15) is 13.2 Å². The van der Waals surface area contributed by atoms with Crippen LogP contribution in [0.4, 0.5) is 0 Å². The van der Waals surface area contributed by atoms with Crippen LogP contribution in [0.1, 0.15) is 26.7 Å². The molecule has 2 heterocycles. The Morgan fingerprint density at radius 3 is 2.56 bits per heavy atom. The van der Waals surface area contributed by atoms with Gasteiger partial charge in [-0.15, -0.1) is 0 Å².